The van der Waals surface area contributed by atoms with E-state index in [1.807, 2.05) is 24.0 Å². The van der Waals surface area contributed by atoms with E-state index in [0.717, 1.165) is 6.07 Å². The number of nitrogens with two attached hydrogens (primary N) is 1. The number of hydrogen-bond donors (Lipinski definition) is 3. The van der Waals surface area contributed by atoms with Crippen LogP contribution in [0.3, 0.4) is 0 Å². The minimum Gasteiger partial charge on any atom is -0.365 e. The normalized spacial score (nSPS) is 11.9. The molecular formula is C22H26F2N4O2. The lowest BCUT2D eigenvalue weighted by molar-refractivity contribution is -0.117. The Morgan fingerprint density at radius 2 is 1.93 bits per heavy atom. The largest absolute Gasteiger partial charge is 0.365 e. The highest BCUT2D eigenvalue weighted by Gasteiger charge is 2.21. The van der Waals surface area contributed by atoms with E-state index in [9.17, 15) is 18.4 Å². The first kappa shape index (κ1) is 23.0. The molecule has 0 aliphatic heterocycles. The maximum Gasteiger partial charge on any atom is 0.254 e. The number of nitrogens with one attached hydrogen (secondary N) is 2. The van der Waals surface area contributed by atoms with E-state index in [1.165, 1.54) is 37.3 Å². The molecule has 0 aromatic heterocycles. The second-order valence-electron chi connectivity index (χ2n) is 6.63. The van der Waals surface area contributed by atoms with Crippen LogP contribution in [0.2, 0.25) is 0 Å². The fourth-order valence-electron chi connectivity index (χ4n) is 2.81. The number of carbonyl (C=O) groups excluding carboxylic acids is 2. The summed E-state index contributed by atoms with van der Waals surface area (Å²) in [6.07, 6.45) is 3.80. The smallest absolute Gasteiger partial charge is 0.254 e. The molecule has 160 valence electrons. The summed E-state index contributed by atoms with van der Waals surface area (Å²) in [7, 11) is 0. The van der Waals surface area contributed by atoms with Crippen molar-refractivity contribution in [2.45, 2.75) is 19.9 Å². The Hall–Kier alpha value is -3.26. The van der Waals surface area contributed by atoms with Gasteiger partial charge < -0.3 is 21.3 Å². The van der Waals surface area contributed by atoms with Crippen molar-refractivity contribution in [2.24, 2.45) is 5.73 Å². The number of carbonyl (C=O) groups is 2. The summed E-state index contributed by atoms with van der Waals surface area (Å²) in [5.41, 5.74) is 6.37. The molecule has 2 rings (SSSR count). The minimum absolute atomic E-state index is 0.163. The molecule has 1 atom stereocenters. The van der Waals surface area contributed by atoms with Crippen molar-refractivity contribution in [3.8, 4) is 0 Å². The van der Waals surface area contributed by atoms with Crippen LogP contribution >= 0.6 is 0 Å². The van der Waals surface area contributed by atoms with Crippen molar-refractivity contribution in [1.29, 1.82) is 0 Å². The van der Waals surface area contributed by atoms with Crippen molar-refractivity contribution in [1.82, 2.24) is 5.32 Å². The van der Waals surface area contributed by atoms with Crippen LogP contribution in [0.25, 0.3) is 0 Å². The van der Waals surface area contributed by atoms with Crippen LogP contribution in [0.5, 0.6) is 0 Å². The molecule has 0 aliphatic carbocycles. The fourth-order valence-corrected chi connectivity index (χ4v) is 2.81. The van der Waals surface area contributed by atoms with E-state index < -0.39 is 29.5 Å². The van der Waals surface area contributed by atoms with Gasteiger partial charge >= 0.3 is 0 Å². The third-order valence-corrected chi connectivity index (χ3v) is 4.38. The van der Waals surface area contributed by atoms with Gasteiger partial charge in [0.15, 0.2) is 0 Å². The number of amides is 2. The Kier molecular flexibility index (Phi) is 8.49. The Morgan fingerprint density at radius 1 is 1.20 bits per heavy atom. The van der Waals surface area contributed by atoms with Gasteiger partial charge in [0, 0.05) is 19.6 Å². The third kappa shape index (κ3) is 6.12. The second-order valence-corrected chi connectivity index (χ2v) is 6.63. The first-order valence-electron chi connectivity index (χ1n) is 9.59. The summed E-state index contributed by atoms with van der Waals surface area (Å²) >= 11 is 0. The van der Waals surface area contributed by atoms with Crippen molar-refractivity contribution in [3.05, 3.63) is 71.8 Å². The van der Waals surface area contributed by atoms with Gasteiger partial charge in [-0.2, -0.15) is 0 Å². The van der Waals surface area contributed by atoms with Gasteiger partial charge in [-0.3, -0.25) is 9.59 Å². The lowest BCUT2D eigenvalue weighted by atomic mass is 10.1. The zero-order valence-corrected chi connectivity index (χ0v) is 17.0. The van der Waals surface area contributed by atoms with Gasteiger partial charge in [-0.15, -0.1) is 0 Å². The van der Waals surface area contributed by atoms with Crippen molar-refractivity contribution >= 4 is 23.2 Å². The van der Waals surface area contributed by atoms with Crippen molar-refractivity contribution in [3.63, 3.8) is 0 Å². The minimum atomic E-state index is -0.980. The first-order chi connectivity index (χ1) is 14.4. The molecule has 30 heavy (non-hydrogen) atoms. The molecule has 8 heteroatoms. The van der Waals surface area contributed by atoms with Crippen LogP contribution in [0.4, 0.5) is 20.2 Å². The van der Waals surface area contributed by atoms with Crippen LogP contribution in [0, 0.1) is 11.6 Å². The summed E-state index contributed by atoms with van der Waals surface area (Å²) in [5.74, 6) is -2.48. The molecule has 1 unspecified atom stereocenters. The molecule has 2 amide bonds. The Bertz CT molecular complexity index is 918. The number of anilines is 2. The highest BCUT2D eigenvalue weighted by Crippen LogP contribution is 2.27. The van der Waals surface area contributed by atoms with E-state index in [2.05, 4.69) is 10.6 Å². The van der Waals surface area contributed by atoms with Gasteiger partial charge in [-0.25, -0.2) is 8.78 Å². The van der Waals surface area contributed by atoms with Crippen molar-refractivity contribution < 1.29 is 18.4 Å². The number of nitrogens with zero attached hydrogens (tertiary/aromatic N) is 1. The molecule has 0 radical (unpaired) electrons. The van der Waals surface area contributed by atoms with Gasteiger partial charge in [-0.1, -0.05) is 24.3 Å². The molecule has 0 fully saturated rings. The molecule has 0 saturated heterocycles. The molecule has 0 saturated carbocycles. The van der Waals surface area contributed by atoms with Gasteiger partial charge in [-0.05, 0) is 44.2 Å². The van der Waals surface area contributed by atoms with Crippen molar-refractivity contribution in [2.75, 3.05) is 29.9 Å². The molecule has 0 aliphatic rings. The predicted octanol–water partition coefficient (Wildman–Crippen LogP) is 3.06. The zero-order chi connectivity index (χ0) is 22.1. The first-order valence-corrected chi connectivity index (χ1v) is 9.59. The lowest BCUT2D eigenvalue weighted by Crippen LogP contribution is -2.42. The fraction of sp³-hybridized carbons (Fsp3) is 0.273. The lowest BCUT2D eigenvalue weighted by Gasteiger charge is -2.26. The van der Waals surface area contributed by atoms with E-state index in [4.69, 9.17) is 5.73 Å². The van der Waals surface area contributed by atoms with Crippen LogP contribution in [0.1, 0.15) is 24.2 Å². The van der Waals surface area contributed by atoms with E-state index in [1.54, 1.807) is 6.07 Å². The summed E-state index contributed by atoms with van der Waals surface area (Å²) in [4.78, 5) is 26.8. The third-order valence-electron chi connectivity index (χ3n) is 4.38. The van der Waals surface area contributed by atoms with E-state index in [0.29, 0.717) is 25.3 Å². The molecule has 2 aromatic rings. The number of benzene rings is 2. The quantitative estimate of drug-likeness (QED) is 0.549. The molecule has 6 nitrogen and oxygen atoms in total. The van der Waals surface area contributed by atoms with Gasteiger partial charge in [0.05, 0.1) is 16.9 Å². The maximum atomic E-state index is 13.9. The summed E-state index contributed by atoms with van der Waals surface area (Å²) in [6.45, 7) is 4.75. The molecule has 4 N–H and O–H groups in total. The molecule has 0 bridgehead atoms. The molecule has 0 heterocycles. The van der Waals surface area contributed by atoms with Crippen LogP contribution in [-0.2, 0) is 4.79 Å². The molecular weight excluding hydrogens is 390 g/mol. The average Bonchev–Trinajstić information content (AvgIpc) is 2.71. The summed E-state index contributed by atoms with van der Waals surface area (Å²) in [6, 6.07) is 8.57. The summed E-state index contributed by atoms with van der Waals surface area (Å²) < 4.78 is 27.6. The maximum absolute atomic E-state index is 13.9. The number of hydrogen-bond acceptors (Lipinski definition) is 4. The summed E-state index contributed by atoms with van der Waals surface area (Å²) in [5, 5.41) is 5.09. The van der Waals surface area contributed by atoms with E-state index in [-0.39, 0.29) is 11.3 Å². The van der Waals surface area contributed by atoms with Crippen LogP contribution < -0.4 is 21.3 Å². The van der Waals surface area contributed by atoms with Crippen LogP contribution in [-0.4, -0.2) is 37.5 Å². The van der Waals surface area contributed by atoms with E-state index >= 15 is 0 Å². The standard InChI is InChI=1S/C22H26F2N4O2/c1-3-4-12-28(13-11-25)20-10-9-16(23)14-19(20)27-21(29)15(2)26-22(30)17-7-5-6-8-18(17)24/h3-10,14-15H,11-13,25H2,1-2H3,(H,26,30)(H,27,29)/b4-3-. The topological polar surface area (TPSA) is 87.5 Å². The van der Waals surface area contributed by atoms with Gasteiger partial charge in [0.2, 0.25) is 5.91 Å². The SMILES string of the molecule is C/C=C\CN(CCN)c1ccc(F)cc1NC(=O)C(C)NC(=O)c1ccccc1F. The number of halogens is 2. The number of allylic oxidation sites excluding steroid dienone is 1. The monoisotopic (exact) mass is 416 g/mol. The Morgan fingerprint density at radius 3 is 2.60 bits per heavy atom. The Labute approximate surface area is 174 Å². The van der Waals surface area contributed by atoms with Gasteiger partial charge in [0.25, 0.3) is 5.91 Å². The highest BCUT2D eigenvalue weighted by molar-refractivity contribution is 6.02. The highest BCUT2D eigenvalue weighted by atomic mass is 19.1. The number of rotatable bonds is 9. The molecule has 0 spiro atoms. The molecule has 2 aromatic carbocycles. The van der Waals surface area contributed by atoms with Gasteiger partial charge in [0.1, 0.15) is 17.7 Å². The van der Waals surface area contributed by atoms with Crippen LogP contribution in [0.15, 0.2) is 54.6 Å². The average molecular weight is 416 g/mol. The Balaban J connectivity index is 2.17. The second kappa shape index (κ2) is 11.1. The zero-order valence-electron chi connectivity index (χ0n) is 17.0. The predicted molar refractivity (Wildman–Crippen MR) is 114 cm³/mol.